The van der Waals surface area contributed by atoms with Crippen LogP contribution in [0, 0.1) is 0 Å². The molecule has 1 atom stereocenters. The number of hydrogen-bond donors (Lipinski definition) is 2. The van der Waals surface area contributed by atoms with Gasteiger partial charge in [-0.15, -0.1) is 11.3 Å². The third-order valence-electron chi connectivity index (χ3n) is 2.51. The molecular formula is C12H21NOS. The molecule has 0 aromatic carbocycles. The maximum Gasteiger partial charge on any atom is 0.0607 e. The Morgan fingerprint density at radius 3 is 2.73 bits per heavy atom. The zero-order valence-electron chi connectivity index (χ0n) is 9.79. The lowest BCUT2D eigenvalue weighted by atomic mass is 10.0. The monoisotopic (exact) mass is 227 g/mol. The Morgan fingerprint density at radius 2 is 2.27 bits per heavy atom. The molecule has 0 fully saturated rings. The Bertz CT molecular complexity index is 269. The summed E-state index contributed by atoms with van der Waals surface area (Å²) >= 11 is 1.80. The highest BCUT2D eigenvalue weighted by atomic mass is 32.1. The summed E-state index contributed by atoms with van der Waals surface area (Å²) in [6.07, 6.45) is 2.14. The molecule has 0 bridgehead atoms. The minimum absolute atomic E-state index is 0.175. The summed E-state index contributed by atoms with van der Waals surface area (Å²) in [6.45, 7) is 6.42. The van der Waals surface area contributed by atoms with Crippen LogP contribution in [0.25, 0.3) is 0 Å². The van der Waals surface area contributed by atoms with E-state index in [9.17, 15) is 5.11 Å². The van der Waals surface area contributed by atoms with Gasteiger partial charge < -0.3 is 10.4 Å². The standard InChI is InChI=1S/C12H21NOS/c1-4-10(13-12(2,3)9-14)8-11-6-5-7-15-11/h5-7,10,13-14H,4,8-9H2,1-3H3. The van der Waals surface area contributed by atoms with Crippen LogP contribution in [0.5, 0.6) is 0 Å². The molecule has 0 aliphatic carbocycles. The van der Waals surface area contributed by atoms with Gasteiger partial charge in [-0.05, 0) is 38.1 Å². The van der Waals surface area contributed by atoms with E-state index in [4.69, 9.17) is 0 Å². The van der Waals surface area contributed by atoms with Crippen molar-refractivity contribution in [3.63, 3.8) is 0 Å². The molecule has 0 aliphatic rings. The fraction of sp³-hybridized carbons (Fsp3) is 0.667. The average Bonchev–Trinajstić information content (AvgIpc) is 2.69. The predicted octanol–water partition coefficient (Wildman–Crippen LogP) is 2.43. The average molecular weight is 227 g/mol. The van der Waals surface area contributed by atoms with E-state index in [2.05, 4.69) is 29.8 Å². The van der Waals surface area contributed by atoms with Crippen molar-refractivity contribution in [2.75, 3.05) is 6.61 Å². The van der Waals surface area contributed by atoms with E-state index in [1.807, 2.05) is 13.8 Å². The lowest BCUT2D eigenvalue weighted by Gasteiger charge is -2.29. The summed E-state index contributed by atoms with van der Waals surface area (Å²) in [7, 11) is 0. The zero-order valence-corrected chi connectivity index (χ0v) is 10.6. The molecule has 1 rings (SSSR count). The van der Waals surface area contributed by atoms with Crippen molar-refractivity contribution < 1.29 is 5.11 Å². The molecule has 2 N–H and O–H groups in total. The molecule has 1 unspecified atom stereocenters. The van der Waals surface area contributed by atoms with Gasteiger partial charge in [-0.1, -0.05) is 13.0 Å². The quantitative estimate of drug-likeness (QED) is 0.782. The second kappa shape index (κ2) is 5.64. The number of rotatable bonds is 6. The topological polar surface area (TPSA) is 32.3 Å². The second-order valence-corrected chi connectivity index (χ2v) is 5.61. The Kier molecular flexibility index (Phi) is 4.77. The van der Waals surface area contributed by atoms with Crippen LogP contribution >= 0.6 is 11.3 Å². The summed E-state index contributed by atoms with van der Waals surface area (Å²) in [4.78, 5) is 1.41. The highest BCUT2D eigenvalue weighted by Crippen LogP contribution is 2.14. The molecule has 2 nitrogen and oxygen atoms in total. The van der Waals surface area contributed by atoms with Gasteiger partial charge in [-0.3, -0.25) is 0 Å². The molecule has 0 radical (unpaired) electrons. The summed E-state index contributed by atoms with van der Waals surface area (Å²) in [6, 6.07) is 4.70. The summed E-state index contributed by atoms with van der Waals surface area (Å²) in [5.74, 6) is 0. The smallest absolute Gasteiger partial charge is 0.0607 e. The lowest BCUT2D eigenvalue weighted by Crippen LogP contribution is -2.49. The van der Waals surface area contributed by atoms with Crippen molar-refractivity contribution in [1.29, 1.82) is 0 Å². The maximum atomic E-state index is 9.20. The van der Waals surface area contributed by atoms with E-state index in [-0.39, 0.29) is 12.1 Å². The summed E-state index contributed by atoms with van der Waals surface area (Å²) in [5, 5.41) is 14.8. The first-order valence-electron chi connectivity index (χ1n) is 5.48. The van der Waals surface area contributed by atoms with E-state index in [1.54, 1.807) is 11.3 Å². The largest absolute Gasteiger partial charge is 0.394 e. The molecule has 0 saturated heterocycles. The molecule has 15 heavy (non-hydrogen) atoms. The van der Waals surface area contributed by atoms with Gasteiger partial charge in [0.25, 0.3) is 0 Å². The summed E-state index contributed by atoms with van der Waals surface area (Å²) < 4.78 is 0. The molecule has 0 aliphatic heterocycles. The van der Waals surface area contributed by atoms with Crippen LogP contribution in [0.1, 0.15) is 32.1 Å². The number of aliphatic hydroxyl groups excluding tert-OH is 1. The van der Waals surface area contributed by atoms with Crippen LogP contribution in [0.15, 0.2) is 17.5 Å². The number of thiophene rings is 1. The molecule has 0 spiro atoms. The van der Waals surface area contributed by atoms with Gasteiger partial charge in [0.1, 0.15) is 0 Å². The second-order valence-electron chi connectivity index (χ2n) is 4.57. The highest BCUT2D eigenvalue weighted by molar-refractivity contribution is 7.09. The van der Waals surface area contributed by atoms with Crippen molar-refractivity contribution in [3.8, 4) is 0 Å². The molecule has 0 saturated carbocycles. The maximum absolute atomic E-state index is 9.20. The van der Waals surface area contributed by atoms with Crippen molar-refractivity contribution in [3.05, 3.63) is 22.4 Å². The van der Waals surface area contributed by atoms with Crippen LogP contribution in [0.3, 0.4) is 0 Å². The SMILES string of the molecule is CCC(Cc1cccs1)NC(C)(C)CO. The van der Waals surface area contributed by atoms with Crippen LogP contribution in [0.4, 0.5) is 0 Å². The molecule has 0 amide bonds. The summed E-state index contributed by atoms with van der Waals surface area (Å²) in [5.41, 5.74) is -0.183. The van der Waals surface area contributed by atoms with Gasteiger partial charge in [0.2, 0.25) is 0 Å². The normalized spacial score (nSPS) is 14.1. The van der Waals surface area contributed by atoms with Crippen molar-refractivity contribution in [1.82, 2.24) is 5.32 Å². The van der Waals surface area contributed by atoms with Gasteiger partial charge >= 0.3 is 0 Å². The van der Waals surface area contributed by atoms with E-state index in [0.29, 0.717) is 6.04 Å². The third kappa shape index (κ3) is 4.33. The Hall–Kier alpha value is -0.380. The Labute approximate surface area is 96.3 Å². The van der Waals surface area contributed by atoms with Crippen molar-refractivity contribution in [2.24, 2.45) is 0 Å². The third-order valence-corrected chi connectivity index (χ3v) is 3.41. The highest BCUT2D eigenvalue weighted by Gasteiger charge is 2.20. The van der Waals surface area contributed by atoms with Gasteiger partial charge in [0.15, 0.2) is 0 Å². The minimum atomic E-state index is -0.183. The van der Waals surface area contributed by atoms with Crippen LogP contribution in [-0.4, -0.2) is 23.3 Å². The zero-order chi connectivity index (χ0) is 11.3. The van der Waals surface area contributed by atoms with Crippen LogP contribution < -0.4 is 5.32 Å². The molecular weight excluding hydrogens is 206 g/mol. The first kappa shape index (κ1) is 12.7. The van der Waals surface area contributed by atoms with Gasteiger partial charge in [0.05, 0.1) is 6.61 Å². The van der Waals surface area contributed by atoms with Crippen LogP contribution in [0.2, 0.25) is 0 Å². The van der Waals surface area contributed by atoms with E-state index < -0.39 is 0 Å². The van der Waals surface area contributed by atoms with E-state index in [0.717, 1.165) is 12.8 Å². The van der Waals surface area contributed by atoms with E-state index in [1.165, 1.54) is 4.88 Å². The van der Waals surface area contributed by atoms with E-state index >= 15 is 0 Å². The predicted molar refractivity (Wildman–Crippen MR) is 66.4 cm³/mol. The first-order valence-corrected chi connectivity index (χ1v) is 6.36. The molecule has 3 heteroatoms. The van der Waals surface area contributed by atoms with Crippen LogP contribution in [-0.2, 0) is 6.42 Å². The molecule has 86 valence electrons. The number of hydrogen-bond acceptors (Lipinski definition) is 3. The fourth-order valence-electron chi connectivity index (χ4n) is 1.57. The van der Waals surface area contributed by atoms with Gasteiger partial charge in [0, 0.05) is 16.5 Å². The Balaban J connectivity index is 2.50. The molecule has 1 aromatic heterocycles. The van der Waals surface area contributed by atoms with Gasteiger partial charge in [-0.25, -0.2) is 0 Å². The first-order chi connectivity index (χ1) is 7.07. The molecule has 1 heterocycles. The number of nitrogens with one attached hydrogen (secondary N) is 1. The van der Waals surface area contributed by atoms with Gasteiger partial charge in [-0.2, -0.15) is 0 Å². The van der Waals surface area contributed by atoms with Crippen molar-refractivity contribution in [2.45, 2.75) is 45.2 Å². The number of aliphatic hydroxyl groups is 1. The molecule has 1 aromatic rings. The Morgan fingerprint density at radius 1 is 1.53 bits per heavy atom. The lowest BCUT2D eigenvalue weighted by molar-refractivity contribution is 0.173. The fourth-order valence-corrected chi connectivity index (χ4v) is 2.35. The minimum Gasteiger partial charge on any atom is -0.394 e. The van der Waals surface area contributed by atoms with Crippen molar-refractivity contribution >= 4 is 11.3 Å².